The summed E-state index contributed by atoms with van der Waals surface area (Å²) < 4.78 is 5.14. The molecular weight excluding hydrogens is 272 g/mol. The monoisotopic (exact) mass is 284 g/mol. The van der Waals surface area contributed by atoms with Gasteiger partial charge in [0, 0.05) is 16.0 Å². The lowest BCUT2D eigenvalue weighted by atomic mass is 10.3. The van der Waals surface area contributed by atoms with Crippen LogP contribution in [-0.2, 0) is 6.54 Å². The van der Waals surface area contributed by atoms with Crippen LogP contribution in [0.2, 0.25) is 0 Å². The minimum atomic E-state index is -0.197. The third kappa shape index (κ3) is 2.80. The van der Waals surface area contributed by atoms with Crippen LogP contribution in [0.25, 0.3) is 0 Å². The van der Waals surface area contributed by atoms with Gasteiger partial charge >= 0.3 is 4.87 Å². The van der Waals surface area contributed by atoms with Gasteiger partial charge in [-0.2, -0.15) is 0 Å². The van der Waals surface area contributed by atoms with Crippen LogP contribution in [0.5, 0.6) is 5.75 Å². The van der Waals surface area contributed by atoms with Crippen LogP contribution in [0.3, 0.4) is 0 Å². The number of carbonyl (C=O) groups is 1. The van der Waals surface area contributed by atoms with Crippen LogP contribution in [0.15, 0.2) is 16.2 Å². The number of rotatable bonds is 4. The molecule has 2 aromatic rings. The van der Waals surface area contributed by atoms with Crippen LogP contribution in [0, 0.1) is 6.92 Å². The zero-order chi connectivity index (χ0) is 13.1. The smallest absolute Gasteiger partial charge is 0.304 e. The van der Waals surface area contributed by atoms with Crippen molar-refractivity contribution in [1.82, 2.24) is 10.3 Å². The van der Waals surface area contributed by atoms with Crippen molar-refractivity contribution < 1.29 is 9.53 Å². The summed E-state index contributed by atoms with van der Waals surface area (Å²) in [6.07, 6.45) is 0. The second kappa shape index (κ2) is 5.36. The molecule has 2 aromatic heterocycles. The first-order valence-electron chi connectivity index (χ1n) is 5.19. The number of carbonyl (C=O) groups excluding carboxylic acids is 1. The van der Waals surface area contributed by atoms with Gasteiger partial charge in [0.05, 0.1) is 13.7 Å². The number of thiophene rings is 1. The lowest BCUT2D eigenvalue weighted by molar-refractivity contribution is 0.0952. The molecule has 0 fully saturated rings. The highest BCUT2D eigenvalue weighted by atomic mass is 32.1. The van der Waals surface area contributed by atoms with Crippen molar-refractivity contribution in [2.75, 3.05) is 7.11 Å². The molecule has 0 aromatic carbocycles. The Morgan fingerprint density at radius 3 is 2.94 bits per heavy atom. The third-order valence-electron chi connectivity index (χ3n) is 2.26. The summed E-state index contributed by atoms with van der Waals surface area (Å²) in [4.78, 5) is 27.0. The molecule has 2 rings (SSSR count). The molecule has 7 heteroatoms. The lowest BCUT2D eigenvalue weighted by Gasteiger charge is -2.03. The summed E-state index contributed by atoms with van der Waals surface area (Å²) in [5.74, 6) is 0.380. The van der Waals surface area contributed by atoms with E-state index >= 15 is 0 Å². The molecule has 0 spiro atoms. The Bertz CT molecular complexity index is 612. The van der Waals surface area contributed by atoms with E-state index in [4.69, 9.17) is 4.74 Å². The summed E-state index contributed by atoms with van der Waals surface area (Å²) in [6, 6.07) is 1.83. The zero-order valence-corrected chi connectivity index (χ0v) is 11.5. The number of thiazole rings is 1. The van der Waals surface area contributed by atoms with Gasteiger partial charge in [0.2, 0.25) is 0 Å². The molecule has 0 saturated heterocycles. The normalized spacial score (nSPS) is 10.3. The number of aryl methyl sites for hydroxylation is 1. The van der Waals surface area contributed by atoms with Gasteiger partial charge in [0.15, 0.2) is 0 Å². The fourth-order valence-corrected chi connectivity index (χ4v) is 2.93. The van der Waals surface area contributed by atoms with Crippen molar-refractivity contribution >= 4 is 28.6 Å². The number of aromatic amines is 1. The lowest BCUT2D eigenvalue weighted by Crippen LogP contribution is -2.22. The average molecular weight is 284 g/mol. The molecule has 0 bridgehead atoms. The van der Waals surface area contributed by atoms with Crippen molar-refractivity contribution in [2.45, 2.75) is 13.5 Å². The van der Waals surface area contributed by atoms with Crippen molar-refractivity contribution in [3.8, 4) is 5.75 Å². The first-order valence-corrected chi connectivity index (χ1v) is 6.89. The van der Waals surface area contributed by atoms with Crippen LogP contribution < -0.4 is 14.9 Å². The molecule has 5 nitrogen and oxygen atoms in total. The second-order valence-electron chi connectivity index (χ2n) is 3.61. The Morgan fingerprint density at radius 1 is 1.56 bits per heavy atom. The van der Waals surface area contributed by atoms with Crippen molar-refractivity contribution in [2.24, 2.45) is 0 Å². The molecule has 0 aliphatic heterocycles. The van der Waals surface area contributed by atoms with Crippen LogP contribution >= 0.6 is 22.7 Å². The highest BCUT2D eigenvalue weighted by Gasteiger charge is 2.15. The van der Waals surface area contributed by atoms with Crippen LogP contribution in [-0.4, -0.2) is 18.0 Å². The Hall–Kier alpha value is -1.60. The summed E-state index contributed by atoms with van der Waals surface area (Å²) in [5.41, 5.74) is 0.700. The van der Waals surface area contributed by atoms with Gasteiger partial charge in [-0.1, -0.05) is 11.3 Å². The topological polar surface area (TPSA) is 71.2 Å². The molecule has 0 saturated carbocycles. The van der Waals surface area contributed by atoms with Crippen molar-refractivity contribution in [3.63, 3.8) is 0 Å². The first kappa shape index (κ1) is 12.8. The van der Waals surface area contributed by atoms with Gasteiger partial charge < -0.3 is 15.0 Å². The molecule has 0 atom stereocenters. The molecule has 0 aliphatic carbocycles. The number of hydrogen-bond acceptors (Lipinski definition) is 5. The molecule has 2 heterocycles. The number of ether oxygens (including phenoxy) is 1. The minimum Gasteiger partial charge on any atom is -0.495 e. The Labute approximate surface area is 111 Å². The van der Waals surface area contributed by atoms with Gasteiger partial charge in [-0.25, -0.2) is 0 Å². The van der Waals surface area contributed by atoms with E-state index in [0.29, 0.717) is 22.9 Å². The maximum absolute atomic E-state index is 11.9. The van der Waals surface area contributed by atoms with Gasteiger partial charge in [-0.05, 0) is 13.0 Å². The van der Waals surface area contributed by atoms with Crippen molar-refractivity contribution in [3.05, 3.63) is 36.6 Å². The van der Waals surface area contributed by atoms with Crippen LogP contribution in [0.4, 0.5) is 0 Å². The number of nitrogens with one attached hydrogen (secondary N) is 2. The van der Waals surface area contributed by atoms with E-state index in [1.54, 1.807) is 5.38 Å². The largest absolute Gasteiger partial charge is 0.495 e. The average Bonchev–Trinajstić information content (AvgIpc) is 2.92. The maximum atomic E-state index is 11.9. The fourth-order valence-electron chi connectivity index (χ4n) is 1.46. The van der Waals surface area contributed by atoms with E-state index in [1.165, 1.54) is 18.4 Å². The van der Waals surface area contributed by atoms with Gasteiger partial charge in [-0.15, -0.1) is 11.3 Å². The second-order valence-corrected chi connectivity index (χ2v) is 5.71. The third-order valence-corrected chi connectivity index (χ3v) is 4.01. The molecule has 2 N–H and O–H groups in total. The quantitative estimate of drug-likeness (QED) is 0.898. The minimum absolute atomic E-state index is 0.121. The predicted octanol–water partition coefficient (Wildman–Crippen LogP) is 1.74. The van der Waals surface area contributed by atoms with E-state index in [1.807, 2.05) is 13.0 Å². The Morgan fingerprint density at radius 2 is 2.33 bits per heavy atom. The van der Waals surface area contributed by atoms with E-state index in [9.17, 15) is 9.59 Å². The predicted molar refractivity (Wildman–Crippen MR) is 71.7 cm³/mol. The highest BCUT2D eigenvalue weighted by Crippen LogP contribution is 2.28. The molecule has 0 aliphatic rings. The zero-order valence-electron chi connectivity index (χ0n) is 9.90. The molecule has 1 amide bonds. The van der Waals surface area contributed by atoms with Crippen molar-refractivity contribution in [1.29, 1.82) is 0 Å². The van der Waals surface area contributed by atoms with E-state index in [0.717, 1.165) is 16.2 Å². The molecule has 0 unspecified atom stereocenters. The Kier molecular flexibility index (Phi) is 3.83. The van der Waals surface area contributed by atoms with Gasteiger partial charge in [-0.3, -0.25) is 9.59 Å². The highest BCUT2D eigenvalue weighted by molar-refractivity contribution is 7.14. The Balaban J connectivity index is 2.05. The summed E-state index contributed by atoms with van der Waals surface area (Å²) >= 11 is 2.46. The fraction of sp³-hybridized carbons (Fsp3) is 0.273. The number of amides is 1. The summed E-state index contributed by atoms with van der Waals surface area (Å²) in [5, 5.41) is 4.44. The summed E-state index contributed by atoms with van der Waals surface area (Å²) in [6.45, 7) is 2.22. The molecule has 0 radical (unpaired) electrons. The summed E-state index contributed by atoms with van der Waals surface area (Å²) in [7, 11) is 1.54. The number of methoxy groups -OCH3 is 1. The molecular formula is C11H12N2O3S2. The van der Waals surface area contributed by atoms with E-state index < -0.39 is 0 Å². The van der Waals surface area contributed by atoms with Gasteiger partial charge in [0.25, 0.3) is 5.91 Å². The number of hydrogen-bond donors (Lipinski definition) is 2. The maximum Gasteiger partial charge on any atom is 0.304 e. The van der Waals surface area contributed by atoms with Crippen LogP contribution in [0.1, 0.15) is 20.2 Å². The number of aromatic nitrogens is 1. The number of H-pyrrole nitrogens is 1. The molecule has 18 heavy (non-hydrogen) atoms. The first-order chi connectivity index (χ1) is 8.60. The molecule has 96 valence electrons. The van der Waals surface area contributed by atoms with E-state index in [-0.39, 0.29) is 10.8 Å². The standard InChI is InChI=1S/C11H12N2O3S2/c1-6-3-8(16-2)9(18-6)10(14)12-4-7-5-17-11(15)13-7/h3,5H,4H2,1-2H3,(H,12,14)(H,13,15). The SMILES string of the molecule is COc1cc(C)sc1C(=O)NCc1csc(=O)[nH]1. The van der Waals surface area contributed by atoms with E-state index in [2.05, 4.69) is 10.3 Å². The van der Waals surface area contributed by atoms with Gasteiger partial charge in [0.1, 0.15) is 10.6 Å².